The van der Waals surface area contributed by atoms with E-state index in [1.165, 1.54) is 6.92 Å². The standard InChI is InChI=1S/C17H22O4/c1-10-9-20-14-8-16(4)15(21-12(3)18)6-5-11(2)17(16,19)7-13(10)14/h9,15,19H,2,5-8H2,1,3-4H3/t15-,16-,17+/m0/s1. The lowest BCUT2D eigenvalue weighted by Crippen LogP contribution is -2.62. The highest BCUT2D eigenvalue weighted by atomic mass is 16.5. The molecule has 2 aliphatic carbocycles. The van der Waals surface area contributed by atoms with Crippen molar-refractivity contribution in [1.29, 1.82) is 0 Å². The summed E-state index contributed by atoms with van der Waals surface area (Å²) in [5, 5.41) is 11.4. The van der Waals surface area contributed by atoms with Crippen LogP contribution in [-0.2, 0) is 22.4 Å². The van der Waals surface area contributed by atoms with Crippen LogP contribution in [0.5, 0.6) is 0 Å². The van der Waals surface area contributed by atoms with Crippen LogP contribution < -0.4 is 0 Å². The highest BCUT2D eigenvalue weighted by Gasteiger charge is 2.60. The number of ether oxygens (including phenoxy) is 1. The number of furan rings is 1. The minimum Gasteiger partial charge on any atom is -0.469 e. The molecule has 1 heterocycles. The minimum atomic E-state index is -1.05. The zero-order valence-electron chi connectivity index (χ0n) is 12.9. The second kappa shape index (κ2) is 4.47. The van der Waals surface area contributed by atoms with E-state index in [0.29, 0.717) is 25.7 Å². The van der Waals surface area contributed by atoms with Gasteiger partial charge in [-0.05, 0) is 36.5 Å². The zero-order valence-corrected chi connectivity index (χ0v) is 12.9. The Morgan fingerprint density at radius 1 is 1.52 bits per heavy atom. The molecule has 1 N–H and O–H groups in total. The highest BCUT2D eigenvalue weighted by Crippen LogP contribution is 2.55. The van der Waals surface area contributed by atoms with Gasteiger partial charge in [0.05, 0.1) is 11.9 Å². The van der Waals surface area contributed by atoms with Crippen molar-refractivity contribution in [2.75, 3.05) is 0 Å². The molecule has 4 heteroatoms. The maximum absolute atomic E-state index is 11.4. The zero-order chi connectivity index (χ0) is 15.4. The van der Waals surface area contributed by atoms with E-state index >= 15 is 0 Å². The molecule has 3 rings (SSSR count). The molecule has 0 spiro atoms. The molecule has 2 aliphatic rings. The summed E-state index contributed by atoms with van der Waals surface area (Å²) in [6.07, 6.45) is 3.84. The van der Waals surface area contributed by atoms with E-state index < -0.39 is 11.0 Å². The number of aliphatic hydroxyl groups is 1. The highest BCUT2D eigenvalue weighted by molar-refractivity contribution is 5.66. The van der Waals surface area contributed by atoms with Crippen molar-refractivity contribution in [2.24, 2.45) is 5.41 Å². The number of hydrogen-bond acceptors (Lipinski definition) is 4. The summed E-state index contributed by atoms with van der Waals surface area (Å²) in [5.74, 6) is 0.587. The second-order valence-corrected chi connectivity index (χ2v) is 6.69. The van der Waals surface area contributed by atoms with Crippen molar-refractivity contribution in [3.63, 3.8) is 0 Å². The third-order valence-corrected chi connectivity index (χ3v) is 5.41. The van der Waals surface area contributed by atoms with E-state index in [2.05, 4.69) is 6.58 Å². The lowest BCUT2D eigenvalue weighted by molar-refractivity contribution is -0.179. The third-order valence-electron chi connectivity index (χ3n) is 5.41. The number of rotatable bonds is 1. The van der Waals surface area contributed by atoms with Crippen LogP contribution in [0.1, 0.15) is 43.6 Å². The Kier molecular flexibility index (Phi) is 3.06. The summed E-state index contributed by atoms with van der Waals surface area (Å²) >= 11 is 0. The molecular weight excluding hydrogens is 268 g/mol. The normalized spacial score (nSPS) is 35.0. The molecule has 21 heavy (non-hydrogen) atoms. The molecule has 1 aromatic rings. The number of fused-ring (bicyclic) bond motifs is 2. The summed E-state index contributed by atoms with van der Waals surface area (Å²) in [4.78, 5) is 11.4. The molecule has 3 atom stereocenters. The minimum absolute atomic E-state index is 0.308. The average molecular weight is 290 g/mol. The molecule has 1 fully saturated rings. The van der Waals surface area contributed by atoms with Gasteiger partial charge in [-0.1, -0.05) is 13.5 Å². The van der Waals surface area contributed by atoms with Crippen LogP contribution in [0.25, 0.3) is 0 Å². The van der Waals surface area contributed by atoms with Crippen LogP contribution in [-0.4, -0.2) is 22.8 Å². The van der Waals surface area contributed by atoms with Gasteiger partial charge in [0.15, 0.2) is 0 Å². The lowest BCUT2D eigenvalue weighted by atomic mass is 9.54. The van der Waals surface area contributed by atoms with E-state index in [-0.39, 0.29) is 12.1 Å². The largest absolute Gasteiger partial charge is 0.469 e. The molecule has 4 nitrogen and oxygen atoms in total. The van der Waals surface area contributed by atoms with Gasteiger partial charge in [-0.15, -0.1) is 0 Å². The van der Waals surface area contributed by atoms with Crippen molar-refractivity contribution >= 4 is 5.97 Å². The molecule has 0 amide bonds. The van der Waals surface area contributed by atoms with Crippen LogP contribution in [0.4, 0.5) is 0 Å². The predicted octanol–water partition coefficient (Wildman–Crippen LogP) is 2.71. The number of aryl methyl sites for hydroxylation is 1. The van der Waals surface area contributed by atoms with Gasteiger partial charge in [-0.25, -0.2) is 0 Å². The molecule has 0 bridgehead atoms. The van der Waals surface area contributed by atoms with Crippen molar-refractivity contribution in [3.05, 3.63) is 35.3 Å². The molecule has 0 unspecified atom stereocenters. The maximum Gasteiger partial charge on any atom is 0.302 e. The van der Waals surface area contributed by atoms with Crippen molar-refractivity contribution in [1.82, 2.24) is 0 Å². The quantitative estimate of drug-likeness (QED) is 0.638. The lowest BCUT2D eigenvalue weighted by Gasteiger charge is -2.55. The van der Waals surface area contributed by atoms with Crippen molar-refractivity contribution < 1.29 is 19.1 Å². The van der Waals surface area contributed by atoms with Gasteiger partial charge in [0, 0.05) is 25.2 Å². The Bertz CT molecular complexity index is 614. The van der Waals surface area contributed by atoms with Gasteiger partial charge in [0.1, 0.15) is 11.9 Å². The SMILES string of the molecule is C=C1CC[C@H](OC(C)=O)[C@]2(C)Cc3occ(C)c3C[C@@]12O. The third kappa shape index (κ3) is 1.89. The molecule has 0 saturated heterocycles. The van der Waals surface area contributed by atoms with E-state index in [9.17, 15) is 9.90 Å². The van der Waals surface area contributed by atoms with E-state index in [1.54, 1.807) is 6.26 Å². The van der Waals surface area contributed by atoms with Crippen LogP contribution in [0.3, 0.4) is 0 Å². The fraction of sp³-hybridized carbons (Fsp3) is 0.588. The molecule has 0 aromatic carbocycles. The van der Waals surface area contributed by atoms with E-state index in [0.717, 1.165) is 22.5 Å². The molecule has 0 aliphatic heterocycles. The molecular formula is C17H22O4. The van der Waals surface area contributed by atoms with Gasteiger partial charge in [0.25, 0.3) is 0 Å². The number of hydrogen-bond donors (Lipinski definition) is 1. The maximum atomic E-state index is 11.4. The Morgan fingerprint density at radius 2 is 2.24 bits per heavy atom. The Labute approximate surface area is 124 Å². The molecule has 0 radical (unpaired) electrons. The summed E-state index contributed by atoms with van der Waals surface area (Å²) in [7, 11) is 0. The van der Waals surface area contributed by atoms with Gasteiger partial charge in [-0.3, -0.25) is 4.79 Å². The smallest absolute Gasteiger partial charge is 0.302 e. The van der Waals surface area contributed by atoms with Gasteiger partial charge < -0.3 is 14.3 Å². The van der Waals surface area contributed by atoms with Crippen molar-refractivity contribution in [2.45, 2.75) is 58.2 Å². The van der Waals surface area contributed by atoms with Crippen LogP contribution in [0.2, 0.25) is 0 Å². The number of esters is 1. The van der Waals surface area contributed by atoms with Gasteiger partial charge >= 0.3 is 5.97 Å². The fourth-order valence-electron chi connectivity index (χ4n) is 3.97. The number of carbonyl (C=O) groups is 1. The Balaban J connectivity index is 2.08. The Morgan fingerprint density at radius 3 is 2.90 bits per heavy atom. The summed E-state index contributed by atoms with van der Waals surface area (Å²) < 4.78 is 11.2. The van der Waals surface area contributed by atoms with E-state index in [4.69, 9.17) is 9.15 Å². The molecule has 1 aromatic heterocycles. The predicted molar refractivity (Wildman–Crippen MR) is 77.8 cm³/mol. The average Bonchev–Trinajstić information content (AvgIpc) is 2.73. The topological polar surface area (TPSA) is 59.7 Å². The van der Waals surface area contributed by atoms with Crippen LogP contribution >= 0.6 is 0 Å². The first-order valence-corrected chi connectivity index (χ1v) is 7.41. The van der Waals surface area contributed by atoms with Crippen molar-refractivity contribution in [3.8, 4) is 0 Å². The fourth-order valence-corrected chi connectivity index (χ4v) is 3.97. The van der Waals surface area contributed by atoms with E-state index in [1.807, 2.05) is 13.8 Å². The summed E-state index contributed by atoms with van der Waals surface area (Å²) in [5.41, 5.74) is 1.32. The number of carbonyl (C=O) groups excluding carboxylic acids is 1. The first-order chi connectivity index (χ1) is 9.78. The first-order valence-electron chi connectivity index (χ1n) is 7.41. The summed E-state index contributed by atoms with van der Waals surface area (Å²) in [6.45, 7) is 9.48. The van der Waals surface area contributed by atoms with Gasteiger partial charge in [-0.2, -0.15) is 0 Å². The monoisotopic (exact) mass is 290 g/mol. The molecule has 114 valence electrons. The Hall–Kier alpha value is -1.55. The van der Waals surface area contributed by atoms with Crippen LogP contribution in [0, 0.1) is 12.3 Å². The van der Waals surface area contributed by atoms with Gasteiger partial charge in [0.2, 0.25) is 0 Å². The molecule has 1 saturated carbocycles. The second-order valence-electron chi connectivity index (χ2n) is 6.69. The van der Waals surface area contributed by atoms with Crippen LogP contribution in [0.15, 0.2) is 22.8 Å². The summed E-state index contributed by atoms with van der Waals surface area (Å²) in [6, 6.07) is 0. The first kappa shape index (κ1) is 14.4.